The number of aromatic nitrogens is 2. The van der Waals surface area contributed by atoms with Crippen LogP contribution in [0.5, 0.6) is 0 Å². The third kappa shape index (κ3) is 4.91. The Morgan fingerprint density at radius 2 is 1.73 bits per heavy atom. The quantitative estimate of drug-likeness (QED) is 0.793. The van der Waals surface area contributed by atoms with Gasteiger partial charge in [-0.05, 0) is 26.7 Å². The van der Waals surface area contributed by atoms with Crippen LogP contribution < -0.4 is 10.2 Å². The van der Waals surface area contributed by atoms with Crippen LogP contribution in [0.25, 0.3) is 0 Å². The first-order chi connectivity index (χ1) is 12.5. The highest BCUT2D eigenvalue weighted by atomic mass is 16.2. The molecular weight excluding hydrogens is 332 g/mol. The molecule has 0 aromatic carbocycles. The van der Waals surface area contributed by atoms with E-state index in [-0.39, 0.29) is 18.4 Å². The number of nitrogens with one attached hydrogen (secondary N) is 1. The Morgan fingerprint density at radius 1 is 1.04 bits per heavy atom. The Balaban J connectivity index is 1.40. The third-order valence-electron chi connectivity index (χ3n) is 4.91. The average molecular weight is 360 g/mol. The average Bonchev–Trinajstić information content (AvgIpc) is 3.14. The lowest BCUT2D eigenvalue weighted by Crippen LogP contribution is -2.50. The van der Waals surface area contributed by atoms with Crippen molar-refractivity contribution in [1.82, 2.24) is 25.1 Å². The van der Waals surface area contributed by atoms with E-state index in [0.29, 0.717) is 6.54 Å². The summed E-state index contributed by atoms with van der Waals surface area (Å²) in [4.78, 5) is 39.1. The topological polar surface area (TPSA) is 81.7 Å². The number of hydrogen-bond acceptors (Lipinski definition) is 6. The van der Waals surface area contributed by atoms with Gasteiger partial charge in [0, 0.05) is 51.0 Å². The van der Waals surface area contributed by atoms with E-state index >= 15 is 0 Å². The van der Waals surface area contributed by atoms with Gasteiger partial charge in [0.25, 0.3) is 0 Å². The fraction of sp³-hybridized carbons (Fsp3) is 0.667. The number of aryl methyl sites for hydroxylation is 2. The van der Waals surface area contributed by atoms with E-state index in [4.69, 9.17) is 0 Å². The summed E-state index contributed by atoms with van der Waals surface area (Å²) in [5.41, 5.74) is 0.969. The zero-order valence-corrected chi connectivity index (χ0v) is 15.7. The molecule has 26 heavy (non-hydrogen) atoms. The van der Waals surface area contributed by atoms with Gasteiger partial charge in [0.2, 0.25) is 11.8 Å². The Hall–Kier alpha value is -2.22. The second kappa shape index (κ2) is 8.44. The SMILES string of the molecule is Cc1cc(N2CCN(CC(=O)NCC(=O)N3CCCC3)CC2)nc(C)n1. The summed E-state index contributed by atoms with van der Waals surface area (Å²) in [6.45, 7) is 9.22. The molecule has 0 unspecified atom stereocenters. The summed E-state index contributed by atoms with van der Waals surface area (Å²) in [5, 5.41) is 2.76. The monoisotopic (exact) mass is 360 g/mol. The number of carbonyl (C=O) groups excluding carboxylic acids is 2. The van der Waals surface area contributed by atoms with Gasteiger partial charge >= 0.3 is 0 Å². The van der Waals surface area contributed by atoms with E-state index in [9.17, 15) is 9.59 Å². The fourth-order valence-electron chi connectivity index (χ4n) is 3.51. The van der Waals surface area contributed by atoms with Crippen LogP contribution in [0.15, 0.2) is 6.07 Å². The zero-order valence-electron chi connectivity index (χ0n) is 15.7. The van der Waals surface area contributed by atoms with Gasteiger partial charge in [0.05, 0.1) is 13.1 Å². The lowest BCUT2D eigenvalue weighted by Gasteiger charge is -2.35. The lowest BCUT2D eigenvalue weighted by atomic mass is 10.3. The summed E-state index contributed by atoms with van der Waals surface area (Å²) >= 11 is 0. The molecule has 8 nitrogen and oxygen atoms in total. The van der Waals surface area contributed by atoms with Gasteiger partial charge in [-0.25, -0.2) is 9.97 Å². The van der Waals surface area contributed by atoms with E-state index < -0.39 is 0 Å². The molecule has 1 aromatic heterocycles. The molecule has 2 amide bonds. The molecule has 0 aliphatic carbocycles. The van der Waals surface area contributed by atoms with Crippen molar-refractivity contribution in [3.8, 4) is 0 Å². The maximum absolute atomic E-state index is 12.1. The summed E-state index contributed by atoms with van der Waals surface area (Å²) in [7, 11) is 0. The molecule has 142 valence electrons. The summed E-state index contributed by atoms with van der Waals surface area (Å²) in [6.07, 6.45) is 2.13. The molecule has 3 heterocycles. The Bertz CT molecular complexity index is 631. The largest absolute Gasteiger partial charge is 0.354 e. The number of carbonyl (C=O) groups is 2. The molecule has 1 aromatic rings. The van der Waals surface area contributed by atoms with E-state index in [1.807, 2.05) is 24.8 Å². The van der Waals surface area contributed by atoms with Crippen molar-refractivity contribution in [3.63, 3.8) is 0 Å². The minimum Gasteiger partial charge on any atom is -0.354 e. The molecule has 8 heteroatoms. The smallest absolute Gasteiger partial charge is 0.241 e. The maximum atomic E-state index is 12.1. The number of nitrogens with zero attached hydrogens (tertiary/aromatic N) is 5. The fourth-order valence-corrected chi connectivity index (χ4v) is 3.51. The molecule has 0 bridgehead atoms. The van der Waals surface area contributed by atoms with Gasteiger partial charge < -0.3 is 15.1 Å². The number of hydrogen-bond donors (Lipinski definition) is 1. The van der Waals surface area contributed by atoms with Crippen LogP contribution in [0.4, 0.5) is 5.82 Å². The molecule has 2 aliphatic rings. The molecule has 0 atom stereocenters. The number of piperazine rings is 1. The van der Waals surface area contributed by atoms with Gasteiger partial charge in [-0.3, -0.25) is 14.5 Å². The molecule has 0 radical (unpaired) electrons. The number of amides is 2. The second-order valence-electron chi connectivity index (χ2n) is 7.04. The highest BCUT2D eigenvalue weighted by molar-refractivity contribution is 5.85. The van der Waals surface area contributed by atoms with E-state index in [2.05, 4.69) is 25.1 Å². The van der Waals surface area contributed by atoms with E-state index in [0.717, 1.165) is 69.4 Å². The van der Waals surface area contributed by atoms with Crippen molar-refractivity contribution in [2.45, 2.75) is 26.7 Å². The summed E-state index contributed by atoms with van der Waals surface area (Å²) < 4.78 is 0. The molecule has 3 rings (SSSR count). The molecule has 0 spiro atoms. The number of rotatable bonds is 5. The number of likely N-dealkylation sites (tertiary alicyclic amines) is 1. The first kappa shape index (κ1) is 18.6. The second-order valence-corrected chi connectivity index (χ2v) is 7.04. The Morgan fingerprint density at radius 3 is 2.38 bits per heavy atom. The summed E-state index contributed by atoms with van der Waals surface area (Å²) in [5.74, 6) is 1.68. The molecule has 2 saturated heterocycles. The van der Waals surface area contributed by atoms with Crippen LogP contribution in [-0.2, 0) is 9.59 Å². The van der Waals surface area contributed by atoms with Gasteiger partial charge in [0.15, 0.2) is 0 Å². The predicted molar refractivity (Wildman–Crippen MR) is 99.0 cm³/mol. The predicted octanol–water partition coefficient (Wildman–Crippen LogP) is -0.0460. The van der Waals surface area contributed by atoms with Crippen molar-refractivity contribution in [2.75, 3.05) is 57.3 Å². The van der Waals surface area contributed by atoms with Crippen LogP contribution in [-0.4, -0.2) is 83.9 Å². The Kier molecular flexibility index (Phi) is 6.03. The summed E-state index contributed by atoms with van der Waals surface area (Å²) in [6, 6.07) is 2.00. The maximum Gasteiger partial charge on any atom is 0.241 e. The van der Waals surface area contributed by atoms with Crippen molar-refractivity contribution in [2.24, 2.45) is 0 Å². The molecule has 1 N–H and O–H groups in total. The van der Waals surface area contributed by atoms with Crippen LogP contribution in [0.2, 0.25) is 0 Å². The van der Waals surface area contributed by atoms with Gasteiger partial charge in [-0.2, -0.15) is 0 Å². The van der Waals surface area contributed by atoms with Crippen molar-refractivity contribution in [3.05, 3.63) is 17.6 Å². The zero-order chi connectivity index (χ0) is 18.5. The highest BCUT2D eigenvalue weighted by Crippen LogP contribution is 2.14. The first-order valence-electron chi connectivity index (χ1n) is 9.35. The van der Waals surface area contributed by atoms with Crippen LogP contribution in [0.1, 0.15) is 24.4 Å². The van der Waals surface area contributed by atoms with Crippen molar-refractivity contribution in [1.29, 1.82) is 0 Å². The molecule has 0 saturated carbocycles. The highest BCUT2D eigenvalue weighted by Gasteiger charge is 2.22. The standard InChI is InChI=1S/C18H28N6O2/c1-14-11-16(21-15(2)20-14)23-9-7-22(8-10-23)13-17(25)19-12-18(26)24-5-3-4-6-24/h11H,3-10,12-13H2,1-2H3,(H,19,25). The van der Waals surface area contributed by atoms with Crippen molar-refractivity contribution >= 4 is 17.6 Å². The van der Waals surface area contributed by atoms with E-state index in [1.54, 1.807) is 0 Å². The van der Waals surface area contributed by atoms with Crippen molar-refractivity contribution < 1.29 is 9.59 Å². The van der Waals surface area contributed by atoms with Crippen LogP contribution in [0.3, 0.4) is 0 Å². The Labute approximate surface area is 154 Å². The van der Waals surface area contributed by atoms with Crippen LogP contribution >= 0.6 is 0 Å². The minimum atomic E-state index is -0.0836. The third-order valence-corrected chi connectivity index (χ3v) is 4.91. The van der Waals surface area contributed by atoms with Gasteiger partial charge in [0.1, 0.15) is 11.6 Å². The molecule has 2 fully saturated rings. The minimum absolute atomic E-state index is 0.0233. The van der Waals surface area contributed by atoms with E-state index in [1.165, 1.54) is 0 Å². The van der Waals surface area contributed by atoms with Gasteiger partial charge in [-0.15, -0.1) is 0 Å². The van der Waals surface area contributed by atoms with Crippen LogP contribution in [0, 0.1) is 13.8 Å². The first-order valence-corrected chi connectivity index (χ1v) is 9.35. The number of anilines is 1. The lowest BCUT2D eigenvalue weighted by molar-refractivity contribution is -0.132. The van der Waals surface area contributed by atoms with Gasteiger partial charge in [-0.1, -0.05) is 0 Å². The molecule has 2 aliphatic heterocycles. The normalized spacial score (nSPS) is 18.2. The molecular formula is C18H28N6O2.